The number of nitrogens with one attached hydrogen (secondary N) is 2. The van der Waals surface area contributed by atoms with Gasteiger partial charge in [0.15, 0.2) is 0 Å². The molecule has 24 heavy (non-hydrogen) atoms. The zero-order valence-electron chi connectivity index (χ0n) is 13.5. The van der Waals surface area contributed by atoms with Crippen LogP contribution in [0, 0.1) is 5.92 Å². The lowest BCUT2D eigenvalue weighted by atomic mass is 9.85. The van der Waals surface area contributed by atoms with E-state index >= 15 is 0 Å². The van der Waals surface area contributed by atoms with E-state index in [1.54, 1.807) is 10.9 Å². The maximum absolute atomic E-state index is 12.6. The maximum atomic E-state index is 12.6. The number of hydrogen-bond acceptors (Lipinski definition) is 3. The van der Waals surface area contributed by atoms with Crippen molar-refractivity contribution in [1.29, 1.82) is 0 Å². The lowest BCUT2D eigenvalue weighted by molar-refractivity contribution is -0.117. The highest BCUT2D eigenvalue weighted by atomic mass is 35.5. The van der Waals surface area contributed by atoms with Gasteiger partial charge in [0.05, 0.1) is 11.7 Å². The van der Waals surface area contributed by atoms with Crippen LogP contribution in [0.3, 0.4) is 0 Å². The summed E-state index contributed by atoms with van der Waals surface area (Å²) in [4.78, 5) is 12.6. The second kappa shape index (κ2) is 7.36. The highest BCUT2D eigenvalue weighted by Crippen LogP contribution is 2.33. The maximum Gasteiger partial charge on any atom is 0.241 e. The summed E-state index contributed by atoms with van der Waals surface area (Å²) in [5, 5.41) is 10.8. The van der Waals surface area contributed by atoms with Gasteiger partial charge in [0.25, 0.3) is 0 Å². The van der Waals surface area contributed by atoms with E-state index in [1.807, 2.05) is 36.5 Å². The molecule has 128 valence electrons. The lowest BCUT2D eigenvalue weighted by Gasteiger charge is -2.24. The van der Waals surface area contributed by atoms with Crippen molar-refractivity contribution in [2.24, 2.45) is 5.92 Å². The van der Waals surface area contributed by atoms with Gasteiger partial charge in [-0.3, -0.25) is 4.79 Å². The van der Waals surface area contributed by atoms with Crippen molar-refractivity contribution in [1.82, 2.24) is 15.1 Å². The van der Waals surface area contributed by atoms with E-state index in [2.05, 4.69) is 15.7 Å². The first kappa shape index (κ1) is 17.0. The van der Waals surface area contributed by atoms with Crippen molar-refractivity contribution in [3.05, 3.63) is 42.7 Å². The van der Waals surface area contributed by atoms with Gasteiger partial charge in [-0.1, -0.05) is 18.9 Å². The van der Waals surface area contributed by atoms with Gasteiger partial charge in [0.2, 0.25) is 5.91 Å². The van der Waals surface area contributed by atoms with Gasteiger partial charge in [-0.05, 0) is 49.4 Å². The number of hydrogen-bond donors (Lipinski definition) is 2. The summed E-state index contributed by atoms with van der Waals surface area (Å²) in [7, 11) is 0. The van der Waals surface area contributed by atoms with Crippen LogP contribution in [0.5, 0.6) is 0 Å². The molecule has 2 heterocycles. The topological polar surface area (TPSA) is 59.0 Å². The molecular formula is C18H23ClN4O. The third kappa shape index (κ3) is 3.47. The van der Waals surface area contributed by atoms with Crippen LogP contribution in [-0.2, 0) is 4.79 Å². The highest BCUT2D eigenvalue weighted by Gasteiger charge is 2.38. The smallest absolute Gasteiger partial charge is 0.241 e. The molecule has 1 aliphatic heterocycles. The third-order valence-corrected chi connectivity index (χ3v) is 5.06. The largest absolute Gasteiger partial charge is 0.325 e. The van der Waals surface area contributed by atoms with E-state index in [4.69, 9.17) is 0 Å². The number of fused-ring (bicyclic) bond motifs is 1. The zero-order valence-corrected chi connectivity index (χ0v) is 14.3. The van der Waals surface area contributed by atoms with Crippen molar-refractivity contribution in [3.63, 3.8) is 0 Å². The van der Waals surface area contributed by atoms with Crippen molar-refractivity contribution >= 4 is 24.0 Å². The Kier molecular flexibility index (Phi) is 5.21. The Morgan fingerprint density at radius 1 is 1.25 bits per heavy atom. The molecule has 0 radical (unpaired) electrons. The Morgan fingerprint density at radius 2 is 2.12 bits per heavy atom. The van der Waals surface area contributed by atoms with Crippen molar-refractivity contribution in [2.75, 3.05) is 5.32 Å². The van der Waals surface area contributed by atoms with Crippen LogP contribution in [0.1, 0.15) is 32.1 Å². The van der Waals surface area contributed by atoms with Crippen LogP contribution in [-0.4, -0.2) is 27.8 Å². The van der Waals surface area contributed by atoms with Crippen LogP contribution in [0.4, 0.5) is 5.69 Å². The minimum atomic E-state index is -0.0588. The predicted molar refractivity (Wildman–Crippen MR) is 96.7 cm³/mol. The molecule has 1 aromatic carbocycles. The molecule has 5 nitrogen and oxygen atoms in total. The summed E-state index contributed by atoms with van der Waals surface area (Å²) in [5.41, 5.74) is 1.76. The van der Waals surface area contributed by atoms with E-state index in [9.17, 15) is 4.79 Å². The fourth-order valence-electron chi connectivity index (χ4n) is 3.90. The van der Waals surface area contributed by atoms with Crippen molar-refractivity contribution < 1.29 is 4.79 Å². The van der Waals surface area contributed by atoms with Crippen molar-refractivity contribution in [3.8, 4) is 5.69 Å². The summed E-state index contributed by atoms with van der Waals surface area (Å²) < 4.78 is 1.79. The number of carbonyl (C=O) groups is 1. The number of halogens is 1. The quantitative estimate of drug-likeness (QED) is 0.897. The Balaban J connectivity index is 0.00000169. The number of benzene rings is 1. The van der Waals surface area contributed by atoms with E-state index in [1.165, 1.54) is 25.7 Å². The van der Waals surface area contributed by atoms with Gasteiger partial charge in [0, 0.05) is 24.1 Å². The Bertz CT molecular complexity index is 674. The standard InChI is InChI=1S/C18H22N4O.ClH/c23-18(17-11-13-5-1-2-8-16(13)21-17)20-14-6-3-7-15(12-14)22-10-4-9-19-22;/h3-4,6-7,9-10,12-13,16-17,21H,1-2,5,8,11H2,(H,20,23);1H. The summed E-state index contributed by atoms with van der Waals surface area (Å²) in [6.45, 7) is 0. The van der Waals surface area contributed by atoms with E-state index in [0.29, 0.717) is 12.0 Å². The Labute approximate surface area is 148 Å². The van der Waals surface area contributed by atoms with Crippen LogP contribution >= 0.6 is 12.4 Å². The van der Waals surface area contributed by atoms with E-state index in [0.717, 1.165) is 17.8 Å². The van der Waals surface area contributed by atoms with Gasteiger partial charge in [-0.2, -0.15) is 5.10 Å². The predicted octanol–water partition coefficient (Wildman–Crippen LogP) is 3.15. The average molecular weight is 347 g/mol. The van der Waals surface area contributed by atoms with E-state index in [-0.39, 0.29) is 24.4 Å². The molecule has 0 spiro atoms. The minimum Gasteiger partial charge on any atom is -0.325 e. The minimum absolute atomic E-state index is 0. The molecule has 2 aromatic rings. The molecule has 1 saturated heterocycles. The Morgan fingerprint density at radius 3 is 2.92 bits per heavy atom. The molecule has 0 bridgehead atoms. The molecule has 1 saturated carbocycles. The number of anilines is 1. The SMILES string of the molecule is Cl.O=C(Nc1cccc(-n2cccn2)c1)C1CC2CCCCC2N1. The summed E-state index contributed by atoms with van der Waals surface area (Å²) in [6, 6.07) is 10.2. The monoisotopic (exact) mass is 346 g/mol. The molecule has 2 fully saturated rings. The number of aromatic nitrogens is 2. The molecule has 1 aliphatic carbocycles. The number of carbonyl (C=O) groups excluding carboxylic acids is 1. The van der Waals surface area contributed by atoms with E-state index < -0.39 is 0 Å². The van der Waals surface area contributed by atoms with Crippen LogP contribution < -0.4 is 10.6 Å². The molecule has 6 heteroatoms. The number of rotatable bonds is 3. The highest BCUT2D eigenvalue weighted by molar-refractivity contribution is 5.95. The first-order valence-corrected chi connectivity index (χ1v) is 8.46. The van der Waals surface area contributed by atoms with Crippen LogP contribution in [0.2, 0.25) is 0 Å². The normalized spacial score (nSPS) is 25.6. The van der Waals surface area contributed by atoms with Gasteiger partial charge in [0.1, 0.15) is 0 Å². The Hall–Kier alpha value is -1.85. The molecule has 3 unspecified atom stereocenters. The van der Waals surface area contributed by atoms with Crippen molar-refractivity contribution in [2.45, 2.75) is 44.2 Å². The molecule has 3 atom stereocenters. The molecule has 2 N–H and O–H groups in total. The fourth-order valence-corrected chi connectivity index (χ4v) is 3.90. The van der Waals surface area contributed by atoms with Gasteiger partial charge in [-0.25, -0.2) is 4.68 Å². The fraction of sp³-hybridized carbons (Fsp3) is 0.444. The first-order chi connectivity index (χ1) is 11.3. The number of amides is 1. The molecule has 4 rings (SSSR count). The van der Waals surface area contributed by atoms with Gasteiger partial charge < -0.3 is 10.6 Å². The summed E-state index contributed by atoms with van der Waals surface area (Å²) >= 11 is 0. The second-order valence-corrected chi connectivity index (χ2v) is 6.60. The van der Waals surface area contributed by atoms with Gasteiger partial charge in [-0.15, -0.1) is 12.4 Å². The van der Waals surface area contributed by atoms with Crippen LogP contribution in [0.15, 0.2) is 42.7 Å². The first-order valence-electron chi connectivity index (χ1n) is 8.46. The molecule has 1 aromatic heterocycles. The zero-order chi connectivity index (χ0) is 15.6. The molecule has 2 aliphatic rings. The molecule has 1 amide bonds. The average Bonchev–Trinajstić information content (AvgIpc) is 3.24. The third-order valence-electron chi connectivity index (χ3n) is 5.06. The summed E-state index contributed by atoms with van der Waals surface area (Å²) in [5.74, 6) is 0.756. The second-order valence-electron chi connectivity index (χ2n) is 6.60. The van der Waals surface area contributed by atoms with Gasteiger partial charge >= 0.3 is 0 Å². The number of nitrogens with zero attached hydrogens (tertiary/aromatic N) is 2. The summed E-state index contributed by atoms with van der Waals surface area (Å²) in [6.07, 6.45) is 9.67. The molecular weight excluding hydrogens is 324 g/mol. The lowest BCUT2D eigenvalue weighted by Crippen LogP contribution is -2.39. The van der Waals surface area contributed by atoms with Crippen LogP contribution in [0.25, 0.3) is 5.69 Å².